The first-order valence-electron chi connectivity index (χ1n) is 14.4. The summed E-state index contributed by atoms with van der Waals surface area (Å²) in [4.78, 5) is 0. The number of allylic oxidation sites excluding steroid dienone is 3. The second kappa shape index (κ2) is 25.2. The molecule has 1 aliphatic carbocycles. The molecule has 2 atom stereocenters. The molecule has 36 heavy (non-hydrogen) atoms. The lowest BCUT2D eigenvalue weighted by Gasteiger charge is -2.35. The zero-order valence-corrected chi connectivity index (χ0v) is 27.3. The van der Waals surface area contributed by atoms with Crippen molar-refractivity contribution in [1.29, 1.82) is 0 Å². The molecule has 208 valence electrons. The van der Waals surface area contributed by atoms with Gasteiger partial charge in [-0.25, -0.2) is 0 Å². The van der Waals surface area contributed by atoms with Gasteiger partial charge in [-0.05, 0) is 87.0 Å². The first-order valence-corrected chi connectivity index (χ1v) is 16.4. The van der Waals surface area contributed by atoms with Gasteiger partial charge in [-0.15, -0.1) is 21.4 Å². The molecule has 0 radical (unpaired) electrons. The van der Waals surface area contributed by atoms with Gasteiger partial charge < -0.3 is 5.32 Å². The topological polar surface area (TPSA) is 12.0 Å². The van der Waals surface area contributed by atoms with E-state index in [-0.39, 0.29) is 0 Å². The molecule has 0 fully saturated rings. The molecule has 1 aromatic rings. The van der Waals surface area contributed by atoms with Crippen LogP contribution in [0.1, 0.15) is 116 Å². The van der Waals surface area contributed by atoms with Gasteiger partial charge in [0.2, 0.25) is 0 Å². The number of hydrogen-bond donors (Lipinski definition) is 1. The highest BCUT2D eigenvalue weighted by molar-refractivity contribution is 7.35. The first-order chi connectivity index (χ1) is 17.3. The van der Waals surface area contributed by atoms with E-state index in [0.29, 0.717) is 11.8 Å². The summed E-state index contributed by atoms with van der Waals surface area (Å²) in [5.41, 5.74) is 8.71. The number of hydrogen-bond acceptors (Lipinski definition) is 1. The van der Waals surface area contributed by atoms with E-state index in [0.717, 1.165) is 26.6 Å². The van der Waals surface area contributed by atoms with E-state index >= 15 is 0 Å². The summed E-state index contributed by atoms with van der Waals surface area (Å²) in [7, 11) is 3.07. The Kier molecular flexibility index (Phi) is 27.3. The average molecular weight is 516 g/mol. The standard InChI is InChI=1S/C26H41N.C2H7P.2C2H6.C2H2/c1-8-9-10-11-22-15-20(5)26(23(17-22)16-21(6)27-7)25-14-19(4)12-13-24(25)18(2)3;1-3-2;3*1-2/h14-15,17-18,24-25,27H,6,8-13,16H2,1-5,7H3;3H,1-2H3;2*1-2H3;1-2H. The van der Waals surface area contributed by atoms with Gasteiger partial charge in [-0.3, -0.25) is 0 Å². The van der Waals surface area contributed by atoms with Gasteiger partial charge in [0.25, 0.3) is 0 Å². The van der Waals surface area contributed by atoms with E-state index in [9.17, 15) is 0 Å². The molecule has 2 heteroatoms. The van der Waals surface area contributed by atoms with E-state index < -0.39 is 0 Å². The first kappa shape index (κ1) is 39.0. The fourth-order valence-electron chi connectivity index (χ4n) is 4.75. The van der Waals surface area contributed by atoms with Crippen molar-refractivity contribution in [2.45, 2.75) is 113 Å². The lowest BCUT2D eigenvalue weighted by Crippen LogP contribution is -2.23. The Morgan fingerprint density at radius 3 is 2.11 bits per heavy atom. The van der Waals surface area contributed by atoms with E-state index in [4.69, 9.17) is 0 Å². The number of nitrogens with one attached hydrogen (secondary N) is 1. The summed E-state index contributed by atoms with van der Waals surface area (Å²) in [5, 5.41) is 3.27. The number of benzene rings is 1. The quantitative estimate of drug-likeness (QED) is 0.149. The predicted molar refractivity (Wildman–Crippen MR) is 173 cm³/mol. The van der Waals surface area contributed by atoms with Gasteiger partial charge in [0, 0.05) is 25.1 Å². The summed E-state index contributed by atoms with van der Waals surface area (Å²) >= 11 is 0. The van der Waals surface area contributed by atoms with Crippen LogP contribution >= 0.6 is 8.58 Å². The second-order valence-corrected chi connectivity index (χ2v) is 10.5. The van der Waals surface area contributed by atoms with Crippen LogP contribution in [0.25, 0.3) is 0 Å². The van der Waals surface area contributed by atoms with Crippen molar-refractivity contribution >= 4 is 8.58 Å². The fourth-order valence-corrected chi connectivity index (χ4v) is 4.75. The number of rotatable bonds is 9. The maximum atomic E-state index is 4.23. The van der Waals surface area contributed by atoms with E-state index in [1.54, 1.807) is 11.1 Å². The lowest BCUT2D eigenvalue weighted by molar-refractivity contribution is 0.314. The molecule has 1 N–H and O–H groups in total. The van der Waals surface area contributed by atoms with Crippen LogP contribution in [0.3, 0.4) is 0 Å². The summed E-state index contributed by atoms with van der Waals surface area (Å²) < 4.78 is 0. The Balaban J connectivity index is -0.00000108. The van der Waals surface area contributed by atoms with Crippen LogP contribution < -0.4 is 5.32 Å². The molecule has 0 heterocycles. The maximum Gasteiger partial charge on any atom is 0.0120 e. The smallest absolute Gasteiger partial charge is 0.0120 e. The summed E-state index contributed by atoms with van der Waals surface area (Å²) in [6.45, 7) is 28.2. The molecule has 1 aromatic carbocycles. The van der Waals surface area contributed by atoms with Crippen molar-refractivity contribution in [3.8, 4) is 12.8 Å². The Labute approximate surface area is 230 Å². The number of unbranched alkanes of at least 4 members (excludes halogenated alkanes) is 2. The molecular formula is C34H62NP. The monoisotopic (exact) mass is 515 g/mol. The van der Waals surface area contributed by atoms with Crippen LogP contribution in [0, 0.1) is 31.6 Å². The normalized spacial score (nSPS) is 15.8. The minimum Gasteiger partial charge on any atom is -0.392 e. The van der Waals surface area contributed by atoms with Crippen LogP contribution in [0.2, 0.25) is 0 Å². The van der Waals surface area contributed by atoms with Crippen molar-refractivity contribution in [2.24, 2.45) is 11.8 Å². The lowest BCUT2D eigenvalue weighted by atomic mass is 9.69. The van der Waals surface area contributed by atoms with E-state index in [1.165, 1.54) is 55.2 Å². The largest absolute Gasteiger partial charge is 0.392 e. The Bertz CT molecular complexity index is 726. The number of terminal acetylenes is 1. The zero-order chi connectivity index (χ0) is 28.7. The van der Waals surface area contributed by atoms with Crippen molar-refractivity contribution in [2.75, 3.05) is 20.4 Å². The molecule has 2 unspecified atom stereocenters. The Hall–Kier alpha value is -1.51. The van der Waals surface area contributed by atoms with Crippen LogP contribution in [-0.4, -0.2) is 20.4 Å². The fraction of sp³-hybridized carbons (Fsp3) is 0.647. The molecule has 2 rings (SSSR count). The van der Waals surface area contributed by atoms with E-state index in [1.807, 2.05) is 34.7 Å². The average Bonchev–Trinajstić information content (AvgIpc) is 2.88. The molecule has 1 nitrogen and oxygen atoms in total. The van der Waals surface area contributed by atoms with Crippen molar-refractivity contribution in [3.63, 3.8) is 0 Å². The summed E-state index contributed by atoms with van der Waals surface area (Å²) in [6, 6.07) is 4.95. The highest BCUT2D eigenvalue weighted by atomic mass is 31.1. The minimum atomic E-state index is 0.545. The van der Waals surface area contributed by atoms with Gasteiger partial charge in [0.1, 0.15) is 0 Å². The van der Waals surface area contributed by atoms with Gasteiger partial charge >= 0.3 is 0 Å². The van der Waals surface area contributed by atoms with Gasteiger partial charge in [-0.2, -0.15) is 0 Å². The van der Waals surface area contributed by atoms with Gasteiger partial charge in [-0.1, -0.05) is 91.7 Å². The van der Waals surface area contributed by atoms with Gasteiger partial charge in [0.15, 0.2) is 0 Å². The second-order valence-electron chi connectivity index (χ2n) is 9.46. The van der Waals surface area contributed by atoms with Crippen LogP contribution in [0.5, 0.6) is 0 Å². The molecule has 0 aromatic heterocycles. The third-order valence-electron chi connectivity index (χ3n) is 6.35. The maximum absolute atomic E-state index is 4.23. The zero-order valence-electron chi connectivity index (χ0n) is 26.3. The van der Waals surface area contributed by atoms with Crippen molar-refractivity contribution < 1.29 is 0 Å². The van der Waals surface area contributed by atoms with Crippen LogP contribution in [0.4, 0.5) is 0 Å². The molecule has 1 aliphatic rings. The third-order valence-corrected chi connectivity index (χ3v) is 6.35. The predicted octanol–water partition coefficient (Wildman–Crippen LogP) is 10.3. The van der Waals surface area contributed by atoms with Crippen LogP contribution in [-0.2, 0) is 12.8 Å². The van der Waals surface area contributed by atoms with Crippen LogP contribution in [0.15, 0.2) is 36.1 Å². The Morgan fingerprint density at radius 2 is 1.64 bits per heavy atom. The Morgan fingerprint density at radius 1 is 1.08 bits per heavy atom. The third kappa shape index (κ3) is 14.9. The minimum absolute atomic E-state index is 0.545. The molecule has 0 aliphatic heterocycles. The van der Waals surface area contributed by atoms with E-state index in [2.05, 4.69) is 90.9 Å². The molecule has 0 amide bonds. The molecule has 0 spiro atoms. The SMILES string of the molecule is C#C.C=C(Cc1cc(CCCCC)cc(C)c1C1C=C(C)CCC1C(C)C)NC.CC.CC.CPC. The molecule has 0 saturated carbocycles. The number of likely N-dealkylation sites (N-methyl/N-ethyl adjacent to an activating group) is 1. The van der Waals surface area contributed by atoms with Crippen molar-refractivity contribution in [1.82, 2.24) is 5.32 Å². The highest BCUT2D eigenvalue weighted by Crippen LogP contribution is 2.43. The molecular weight excluding hydrogens is 453 g/mol. The highest BCUT2D eigenvalue weighted by Gasteiger charge is 2.30. The van der Waals surface area contributed by atoms with Crippen molar-refractivity contribution in [3.05, 3.63) is 58.3 Å². The summed E-state index contributed by atoms with van der Waals surface area (Å²) in [6.07, 6.45) is 19.2. The summed E-state index contributed by atoms with van der Waals surface area (Å²) in [5.74, 6) is 1.99. The molecule has 0 bridgehead atoms. The molecule has 0 saturated heterocycles. The number of aryl methyl sites for hydroxylation is 2. The van der Waals surface area contributed by atoms with Gasteiger partial charge in [0.05, 0.1) is 0 Å².